The number of aliphatic hydroxyl groups excluding tert-OH is 4. The van der Waals surface area contributed by atoms with Crippen LogP contribution in [0, 0.1) is 114 Å². The van der Waals surface area contributed by atoms with Crippen molar-refractivity contribution in [1.29, 1.82) is 0 Å². The van der Waals surface area contributed by atoms with Crippen LogP contribution in [0.3, 0.4) is 0 Å². The lowest BCUT2D eigenvalue weighted by atomic mass is 9.44. The normalized spacial score (nSPS) is 51.0. The van der Waals surface area contributed by atoms with Crippen molar-refractivity contribution >= 4 is 68.8 Å². The second kappa shape index (κ2) is 33.0. The number of ketones is 4. The summed E-state index contributed by atoms with van der Waals surface area (Å²) >= 11 is 1.30. The number of allylic oxidation sites excluding steroid dienone is 16. The number of rotatable bonds is 5. The Hall–Kier alpha value is -5.37. The van der Waals surface area contributed by atoms with Crippen molar-refractivity contribution < 1.29 is 124 Å². The van der Waals surface area contributed by atoms with Gasteiger partial charge in [0.1, 0.15) is 41.9 Å². The standard InChI is InChI=1S/C22H27F3O4S.C22H29F2NO4.C22H28F2O4S.C21H26F2O5.6CH4/c1-11-6-13-14-8-16(24)15-7-12(26)4-5-19(15,2)21(14,25)17(27)9-20(13,3)22(11,29)18(28)30-10-23;1-11-7-13-14-9-16(23)15-8-12(26)5-6-19(15,2)21(14,24)17(27)10-20(13,3)22(11,29)18(28)25-4;1-11-7-13-14-9-16(23)15-8-12(25)5-6-19(15,2)21(14,24)17(26)10-20(13,3)22(11,28)18(27)29-4;1-10-6-12-13-8-15(22)14-7-11(24)4-5-18(14,2)20(13,23)16(25)9-19(12,3)21(10,28)17(26)27;;;;;;/h4-5,7,11,13-14,16-17,27,29H,6,8-10H2,1-3H3;5-6,8,11,13-14,16-17,27,29H,7,9-10H2,1-4H3,(H,25,28);5-6,8,11,13-14,16-17,26,28H,7,9-10H2,1-4H3;4-5,7,10,12-13,15-16,25,28H,6,8-9H2,1-3H3,(H,26,27);6*1H4/t3*11-,13+,14+,16+,17+,19+,20+,21+,22+;10-,12+,13+,15+,16+,18+,19+,20+,21+;;;;;;/m1111....../s1. The van der Waals surface area contributed by atoms with Crippen molar-refractivity contribution in [3.63, 3.8) is 0 Å². The maximum absolute atomic E-state index is 16.9. The van der Waals surface area contributed by atoms with Gasteiger partial charge in [0, 0.05) is 74.0 Å². The van der Waals surface area contributed by atoms with E-state index in [2.05, 4.69) is 5.32 Å². The molecule has 36 atom stereocenters. The number of halogens is 9. The highest BCUT2D eigenvalue weighted by atomic mass is 32.2. The lowest BCUT2D eigenvalue weighted by molar-refractivity contribution is -0.229. The number of hydrogen-bond donors (Lipinski definition) is 10. The first-order valence-corrected chi connectivity index (χ1v) is 42.7. The molecule has 0 spiro atoms. The minimum Gasteiger partial charge on any atom is -0.479 e. The number of carbonyl (C=O) groups excluding carboxylic acids is 7. The first kappa shape index (κ1) is 104. The number of carbonyl (C=O) groups is 8. The van der Waals surface area contributed by atoms with Crippen LogP contribution in [0.1, 0.15) is 205 Å². The summed E-state index contributed by atoms with van der Waals surface area (Å²) in [5.74, 6) is -11.6. The second-order valence-electron chi connectivity index (χ2n) is 39.0. The lowest BCUT2D eigenvalue weighted by Crippen LogP contribution is -2.71. The monoisotopic (exact) mass is 1770 g/mol. The molecule has 0 aromatic rings. The maximum Gasteiger partial charge on any atom is 0.336 e. The van der Waals surface area contributed by atoms with Crippen LogP contribution < -0.4 is 5.32 Å². The topological polar surface area (TPSA) is 331 Å². The Kier molecular flexibility index (Phi) is 28.0. The van der Waals surface area contributed by atoms with Gasteiger partial charge in [0.25, 0.3) is 5.91 Å². The maximum atomic E-state index is 16.9. The fourth-order valence-electron chi connectivity index (χ4n) is 28.5. The minimum absolute atomic E-state index is 0. The molecule has 18 nitrogen and oxygen atoms in total. The third-order valence-corrected chi connectivity index (χ3v) is 36.1. The van der Waals surface area contributed by atoms with Crippen LogP contribution in [0.25, 0.3) is 0 Å². The summed E-state index contributed by atoms with van der Waals surface area (Å²) in [7, 11) is 1.43. The Bertz CT molecular complexity index is 4330. The Morgan fingerprint density at radius 3 is 0.844 bits per heavy atom. The zero-order valence-corrected chi connectivity index (χ0v) is 69.3. The van der Waals surface area contributed by atoms with E-state index in [0.717, 1.165) is 36.1 Å². The number of carboxylic acid groups (broad SMARTS) is 1. The zero-order valence-electron chi connectivity index (χ0n) is 67.7. The fraction of sp³-hybridized carbons (Fsp3) is 0.742. The molecule has 0 bridgehead atoms. The van der Waals surface area contributed by atoms with Gasteiger partial charge in [-0.25, -0.2) is 44.3 Å². The molecule has 0 saturated heterocycles. The number of aliphatic carboxylic acids is 1. The summed E-state index contributed by atoms with van der Waals surface area (Å²) in [6.45, 7) is 19.5. The highest BCUT2D eigenvalue weighted by molar-refractivity contribution is 8.13. The molecule has 10 N–H and O–H groups in total. The Morgan fingerprint density at radius 2 is 0.615 bits per heavy atom. The summed E-state index contributed by atoms with van der Waals surface area (Å²) in [5.41, 5.74) is -26.8. The first-order valence-electron chi connectivity index (χ1n) is 40.5. The second-order valence-corrected chi connectivity index (χ2v) is 40.6. The number of nitrogens with one attached hydrogen (secondary N) is 1. The molecule has 688 valence electrons. The van der Waals surface area contributed by atoms with E-state index in [4.69, 9.17) is 0 Å². The van der Waals surface area contributed by atoms with Gasteiger partial charge in [-0.15, -0.1) is 0 Å². The predicted molar refractivity (Wildman–Crippen MR) is 452 cm³/mol. The smallest absolute Gasteiger partial charge is 0.336 e. The third-order valence-electron chi connectivity index (χ3n) is 34.7. The minimum atomic E-state index is -2.26. The van der Waals surface area contributed by atoms with Crippen LogP contribution >= 0.6 is 23.5 Å². The molecule has 16 aliphatic carbocycles. The van der Waals surface area contributed by atoms with Gasteiger partial charge in [0.05, 0.1) is 24.4 Å². The largest absolute Gasteiger partial charge is 0.479 e. The molecular weight excluding hydrogens is 1640 g/mol. The number of hydrogen-bond acceptors (Lipinski definition) is 18. The van der Waals surface area contributed by atoms with Crippen LogP contribution in [0.4, 0.5) is 39.5 Å². The number of carboxylic acids is 1. The Balaban J connectivity index is 0.000000220. The van der Waals surface area contributed by atoms with Gasteiger partial charge in [0.15, 0.2) is 57.0 Å². The number of fused-ring (bicyclic) bond motifs is 20. The van der Waals surface area contributed by atoms with Crippen LogP contribution in [0.15, 0.2) is 95.2 Å². The van der Waals surface area contributed by atoms with Gasteiger partial charge in [-0.1, -0.05) is 148 Å². The number of alkyl halides is 9. The van der Waals surface area contributed by atoms with E-state index >= 15 is 35.1 Å². The molecule has 0 aliphatic heterocycles. The summed E-state index contributed by atoms with van der Waals surface area (Å²) < 4.78 is 141. The van der Waals surface area contributed by atoms with E-state index in [1.54, 1.807) is 68.6 Å². The van der Waals surface area contributed by atoms with Gasteiger partial charge in [-0.2, -0.15) is 0 Å². The highest BCUT2D eigenvalue weighted by Crippen LogP contribution is 2.77. The van der Waals surface area contributed by atoms with E-state index in [-0.39, 0.29) is 143 Å². The van der Waals surface area contributed by atoms with E-state index < -0.39 is 248 Å². The predicted octanol–water partition coefficient (Wildman–Crippen LogP) is 14.9. The van der Waals surface area contributed by atoms with Gasteiger partial charge in [-0.05, 0) is 229 Å². The Morgan fingerprint density at radius 1 is 0.393 bits per heavy atom. The van der Waals surface area contributed by atoms with E-state index in [9.17, 15) is 88.7 Å². The SMILES string of the molecule is C.C.C.C.C.C.CNC(=O)[C@@]1(O)[C@H](C)C[C@H]2[C@@H]3C[C@H](F)C4=CC(=O)C=C[C@]4(C)[C@@]3(F)[C@@H](O)C[C@@]21C.CSC(=O)[C@@]1(O)[C@H](C)C[C@H]2[C@@H]3C[C@H](F)C4=CC(=O)C=C[C@]4(C)[C@@]3(F)[C@@H](O)C[C@@]21C.C[C@@H]1C[C@H]2[C@@H]3C[C@H](F)C4=CC(=O)C=C[C@]4(C)[C@@]3(F)[C@@H](O)C[C@]2(C)[C@@]1(O)C(=O)O.C[C@@H]1C[C@H]2[C@@H]3C[C@H](F)C4=CC(=O)C=C[C@]4(C)[C@@]3(F)[C@@H](O)C[C@]2(C)[C@@]1(O)C(=O)SCF. The van der Waals surface area contributed by atoms with E-state index in [1.165, 1.54) is 76.4 Å². The van der Waals surface area contributed by atoms with E-state index in [1.807, 2.05) is 0 Å². The van der Waals surface area contributed by atoms with Gasteiger partial charge < -0.3 is 51.3 Å². The summed E-state index contributed by atoms with van der Waals surface area (Å²) in [6.07, 6.45) is 3.78. The van der Waals surface area contributed by atoms with Crippen LogP contribution in [-0.4, -0.2) is 205 Å². The van der Waals surface area contributed by atoms with Crippen molar-refractivity contribution in [2.45, 2.75) is 299 Å². The van der Waals surface area contributed by atoms with E-state index in [0.29, 0.717) is 24.6 Å². The van der Waals surface area contributed by atoms with Gasteiger partial charge >= 0.3 is 5.97 Å². The molecule has 0 aromatic carbocycles. The number of aliphatic hydroxyl groups is 8. The first-order chi connectivity index (χ1) is 53.5. The molecule has 16 rings (SSSR count). The lowest BCUT2D eigenvalue weighted by Gasteiger charge is -2.63. The molecule has 0 aromatic heterocycles. The average Bonchev–Trinajstić information content (AvgIpc) is 1.42. The van der Waals surface area contributed by atoms with Crippen molar-refractivity contribution in [3.05, 3.63) is 95.2 Å². The number of amides is 1. The summed E-state index contributed by atoms with van der Waals surface area (Å²) in [5, 5.41) is 101. The molecule has 16 aliphatic rings. The number of thioether (sulfide) groups is 2. The Labute approximate surface area is 721 Å². The third kappa shape index (κ3) is 12.7. The molecule has 122 heavy (non-hydrogen) atoms. The molecule has 12 saturated carbocycles. The average molecular weight is 1770 g/mol. The quantitative estimate of drug-likeness (QED) is 0.114. The molecule has 12 fully saturated rings. The van der Waals surface area contributed by atoms with Crippen LogP contribution in [0.2, 0.25) is 0 Å². The summed E-state index contributed by atoms with van der Waals surface area (Å²) in [6, 6.07) is -0.995. The van der Waals surface area contributed by atoms with Crippen LogP contribution in [-0.2, 0) is 38.4 Å². The summed E-state index contributed by atoms with van der Waals surface area (Å²) in [4.78, 5) is 97.4. The zero-order chi connectivity index (χ0) is 86.3. The van der Waals surface area contributed by atoms with Crippen molar-refractivity contribution in [3.8, 4) is 0 Å². The number of likely N-dealkylation sites (N-methyl/N-ethyl adjacent to an activating group) is 1. The van der Waals surface area contributed by atoms with Gasteiger partial charge in [0.2, 0.25) is 10.2 Å². The van der Waals surface area contributed by atoms with Crippen LogP contribution in [0.5, 0.6) is 0 Å². The molecule has 0 radical (unpaired) electrons. The molecule has 0 heterocycles. The molecular formula is C93H134F9NO17S2. The fourth-order valence-corrected chi connectivity index (χ4v) is 30.0. The molecule has 0 unspecified atom stereocenters. The van der Waals surface area contributed by atoms with Crippen molar-refractivity contribution in [2.24, 2.45) is 114 Å². The van der Waals surface area contributed by atoms with Crippen molar-refractivity contribution in [2.75, 3.05) is 19.3 Å². The van der Waals surface area contributed by atoms with Crippen molar-refractivity contribution in [1.82, 2.24) is 5.32 Å². The highest BCUT2D eigenvalue weighted by Gasteiger charge is 2.82. The van der Waals surface area contributed by atoms with Gasteiger partial charge in [-0.3, -0.25) is 33.6 Å². The molecule has 29 heteroatoms. The molecule has 1 amide bonds.